The van der Waals surface area contributed by atoms with Gasteiger partial charge >= 0.3 is 0 Å². The summed E-state index contributed by atoms with van der Waals surface area (Å²) in [6, 6.07) is 17.5. The average Bonchev–Trinajstić information content (AvgIpc) is 3.37. The molecule has 1 aliphatic rings. The fourth-order valence-corrected chi connectivity index (χ4v) is 5.41. The molecule has 0 bridgehead atoms. The minimum absolute atomic E-state index is 0.0356. The van der Waals surface area contributed by atoms with E-state index < -0.39 is 5.82 Å². The van der Waals surface area contributed by atoms with Crippen LogP contribution in [0.3, 0.4) is 0 Å². The van der Waals surface area contributed by atoms with Crippen LogP contribution >= 0.6 is 11.6 Å². The zero-order valence-corrected chi connectivity index (χ0v) is 23.0. The van der Waals surface area contributed by atoms with Crippen molar-refractivity contribution in [3.05, 3.63) is 94.5 Å². The van der Waals surface area contributed by atoms with Gasteiger partial charge in [-0.2, -0.15) is 0 Å². The highest BCUT2D eigenvalue weighted by molar-refractivity contribution is 6.31. The van der Waals surface area contributed by atoms with Crippen molar-refractivity contribution in [2.24, 2.45) is 0 Å². The summed E-state index contributed by atoms with van der Waals surface area (Å²) >= 11 is 6.42. The normalized spacial score (nSPS) is 14.7. The zero-order valence-electron chi connectivity index (χ0n) is 22.3. The van der Waals surface area contributed by atoms with E-state index in [1.165, 1.54) is 24.6 Å². The molecule has 1 heterocycles. The quantitative estimate of drug-likeness (QED) is 0.281. The van der Waals surface area contributed by atoms with Crippen LogP contribution in [0.4, 0.5) is 4.39 Å². The number of hydrogen-bond acceptors (Lipinski definition) is 2. The van der Waals surface area contributed by atoms with E-state index in [-0.39, 0.29) is 36.0 Å². The molecular formula is C31H37ClFN3O2. The predicted molar refractivity (Wildman–Crippen MR) is 150 cm³/mol. The number of amides is 2. The summed E-state index contributed by atoms with van der Waals surface area (Å²) < 4.78 is 16.0. The molecule has 38 heavy (non-hydrogen) atoms. The van der Waals surface area contributed by atoms with Crippen molar-refractivity contribution in [1.82, 2.24) is 14.4 Å². The van der Waals surface area contributed by atoms with Crippen molar-refractivity contribution in [3.8, 4) is 0 Å². The molecule has 7 heteroatoms. The molecule has 5 nitrogen and oxygen atoms in total. The lowest BCUT2D eigenvalue weighted by atomic mass is 9.94. The van der Waals surface area contributed by atoms with Crippen LogP contribution in [0.2, 0.25) is 5.02 Å². The molecule has 4 rings (SSSR count). The van der Waals surface area contributed by atoms with Gasteiger partial charge in [-0.05, 0) is 68.1 Å². The van der Waals surface area contributed by atoms with Crippen LogP contribution in [-0.4, -0.2) is 44.8 Å². The first-order valence-electron chi connectivity index (χ1n) is 13.6. The molecule has 2 amide bonds. The van der Waals surface area contributed by atoms with Gasteiger partial charge in [-0.15, -0.1) is 0 Å². The second kappa shape index (κ2) is 13.1. The molecule has 0 saturated heterocycles. The van der Waals surface area contributed by atoms with Crippen molar-refractivity contribution in [2.45, 2.75) is 77.5 Å². The van der Waals surface area contributed by atoms with Crippen LogP contribution in [-0.2, 0) is 17.9 Å². The molecule has 0 radical (unpaired) electrons. The van der Waals surface area contributed by atoms with Gasteiger partial charge in [-0.1, -0.05) is 62.1 Å². The average molecular weight is 538 g/mol. The fraction of sp³-hybridized carbons (Fsp3) is 0.419. The molecule has 2 aromatic carbocycles. The lowest BCUT2D eigenvalue weighted by Crippen LogP contribution is -2.49. The van der Waals surface area contributed by atoms with Gasteiger partial charge in [0.1, 0.15) is 12.4 Å². The Bertz CT molecular complexity index is 1240. The highest BCUT2D eigenvalue weighted by Gasteiger charge is 2.30. The number of carbonyl (C=O) groups excluding carboxylic acids is 2. The standard InChI is InChI=1S/C31H37ClFN3O2/c1-3-23(2)35(31(38)24-12-9-13-26(33)19-24)22-30(37)36(27-14-5-4-6-15-27)21-28-16-10-18-34(28)20-25-11-7-8-17-29(25)32/h7-13,16-19,23,27H,3-6,14-15,20-22H2,1-2H3. The molecule has 0 N–H and O–H groups in total. The molecule has 202 valence electrons. The number of aromatic nitrogens is 1. The van der Waals surface area contributed by atoms with Crippen LogP contribution in [0.25, 0.3) is 0 Å². The number of rotatable bonds is 10. The van der Waals surface area contributed by atoms with E-state index in [2.05, 4.69) is 4.57 Å². The molecule has 0 spiro atoms. The lowest BCUT2D eigenvalue weighted by molar-refractivity contribution is -0.136. The van der Waals surface area contributed by atoms with Crippen LogP contribution in [0.15, 0.2) is 66.9 Å². The second-order valence-electron chi connectivity index (χ2n) is 10.2. The smallest absolute Gasteiger partial charge is 0.254 e. The first kappa shape index (κ1) is 27.9. The summed E-state index contributed by atoms with van der Waals surface area (Å²) in [6.07, 6.45) is 7.98. The maximum Gasteiger partial charge on any atom is 0.254 e. The van der Waals surface area contributed by atoms with E-state index in [9.17, 15) is 14.0 Å². The molecule has 1 fully saturated rings. The molecule has 1 atom stereocenters. The third-order valence-corrected chi connectivity index (χ3v) is 8.02. The Hall–Kier alpha value is -3.12. The van der Waals surface area contributed by atoms with Gasteiger partial charge in [0, 0.05) is 41.1 Å². The molecule has 1 aliphatic carbocycles. The first-order chi connectivity index (χ1) is 18.4. The SMILES string of the molecule is CCC(C)N(CC(=O)N(Cc1cccn1Cc1ccccc1Cl)C1CCCCC1)C(=O)c1cccc(F)c1. The van der Waals surface area contributed by atoms with Gasteiger partial charge in [0.05, 0.1) is 6.54 Å². The Morgan fingerprint density at radius 3 is 2.53 bits per heavy atom. The largest absolute Gasteiger partial charge is 0.345 e. The first-order valence-corrected chi connectivity index (χ1v) is 14.0. The molecule has 1 aromatic heterocycles. The topological polar surface area (TPSA) is 45.6 Å². The molecule has 1 saturated carbocycles. The Morgan fingerprint density at radius 1 is 1.05 bits per heavy atom. The Kier molecular flexibility index (Phi) is 9.62. The van der Waals surface area contributed by atoms with Crippen molar-refractivity contribution in [1.29, 1.82) is 0 Å². The molecule has 3 aromatic rings. The van der Waals surface area contributed by atoms with Crippen molar-refractivity contribution in [2.75, 3.05) is 6.54 Å². The highest BCUT2D eigenvalue weighted by atomic mass is 35.5. The summed E-state index contributed by atoms with van der Waals surface area (Å²) in [6.45, 7) is 4.97. The summed E-state index contributed by atoms with van der Waals surface area (Å²) in [4.78, 5) is 30.9. The van der Waals surface area contributed by atoms with Crippen LogP contribution in [0, 0.1) is 5.82 Å². The highest BCUT2D eigenvalue weighted by Crippen LogP contribution is 2.26. The van der Waals surface area contributed by atoms with Gasteiger partial charge in [-0.3, -0.25) is 9.59 Å². The van der Waals surface area contributed by atoms with Gasteiger partial charge in [0.2, 0.25) is 5.91 Å². The van der Waals surface area contributed by atoms with Gasteiger partial charge < -0.3 is 14.4 Å². The Morgan fingerprint density at radius 2 is 1.82 bits per heavy atom. The maximum atomic E-state index is 14.0. The molecule has 1 unspecified atom stereocenters. The van der Waals surface area contributed by atoms with Crippen LogP contribution < -0.4 is 0 Å². The third kappa shape index (κ3) is 6.84. The van der Waals surface area contributed by atoms with E-state index in [1.807, 2.05) is 61.3 Å². The number of carbonyl (C=O) groups is 2. The van der Waals surface area contributed by atoms with Crippen LogP contribution in [0.5, 0.6) is 0 Å². The van der Waals surface area contributed by atoms with E-state index >= 15 is 0 Å². The molecule has 0 aliphatic heterocycles. The molecular weight excluding hydrogens is 501 g/mol. The minimum atomic E-state index is -0.464. The Labute approximate surface area is 230 Å². The predicted octanol–water partition coefficient (Wildman–Crippen LogP) is 6.93. The fourth-order valence-electron chi connectivity index (χ4n) is 5.22. The van der Waals surface area contributed by atoms with Gasteiger partial charge in [0.25, 0.3) is 5.91 Å². The minimum Gasteiger partial charge on any atom is -0.345 e. The van der Waals surface area contributed by atoms with Crippen molar-refractivity contribution >= 4 is 23.4 Å². The van der Waals surface area contributed by atoms with Gasteiger partial charge in [0.15, 0.2) is 0 Å². The monoisotopic (exact) mass is 537 g/mol. The summed E-state index contributed by atoms with van der Waals surface area (Å²) in [5, 5.41) is 0.715. The van der Waals surface area contributed by atoms with Crippen molar-refractivity contribution in [3.63, 3.8) is 0 Å². The number of benzene rings is 2. The maximum absolute atomic E-state index is 14.0. The van der Waals surface area contributed by atoms with Crippen LogP contribution in [0.1, 0.15) is 74.0 Å². The zero-order chi connectivity index (χ0) is 27.1. The summed E-state index contributed by atoms with van der Waals surface area (Å²) in [5.41, 5.74) is 2.30. The number of nitrogens with zero attached hydrogens (tertiary/aromatic N) is 3. The number of halogens is 2. The van der Waals surface area contributed by atoms with E-state index in [0.717, 1.165) is 36.9 Å². The third-order valence-electron chi connectivity index (χ3n) is 7.65. The summed E-state index contributed by atoms with van der Waals surface area (Å²) in [7, 11) is 0. The summed E-state index contributed by atoms with van der Waals surface area (Å²) in [5.74, 6) is -0.861. The lowest BCUT2D eigenvalue weighted by Gasteiger charge is -2.37. The number of hydrogen-bond donors (Lipinski definition) is 0. The second-order valence-corrected chi connectivity index (χ2v) is 10.6. The van der Waals surface area contributed by atoms with E-state index in [1.54, 1.807) is 11.0 Å². The Balaban J connectivity index is 1.58. The van der Waals surface area contributed by atoms with Gasteiger partial charge in [-0.25, -0.2) is 4.39 Å². The van der Waals surface area contributed by atoms with Crippen molar-refractivity contribution < 1.29 is 14.0 Å². The van der Waals surface area contributed by atoms with E-state index in [4.69, 9.17) is 11.6 Å². The van der Waals surface area contributed by atoms with E-state index in [0.29, 0.717) is 24.5 Å².